The van der Waals surface area contributed by atoms with Crippen LogP contribution < -0.4 is 9.47 Å². The normalized spacial score (nSPS) is 25.4. The third-order valence-corrected chi connectivity index (χ3v) is 3.97. The highest BCUT2D eigenvalue weighted by Gasteiger charge is 2.38. The molecule has 1 aromatic rings. The average molecular weight is 295 g/mol. The summed E-state index contributed by atoms with van der Waals surface area (Å²) >= 11 is 0. The highest BCUT2D eigenvalue weighted by Crippen LogP contribution is 2.38. The van der Waals surface area contributed by atoms with Gasteiger partial charge in [0.2, 0.25) is 6.04 Å². The Morgan fingerprint density at radius 2 is 2.14 bits per heavy atom. The highest BCUT2D eigenvalue weighted by atomic mass is 16.6. The molecule has 0 heterocycles. The van der Waals surface area contributed by atoms with Crippen molar-refractivity contribution >= 4 is 0 Å². The predicted octanol–water partition coefficient (Wildman–Crippen LogP) is 2.37. The van der Waals surface area contributed by atoms with E-state index < -0.39 is 12.1 Å². The lowest BCUT2D eigenvalue weighted by Crippen LogP contribution is -2.35. The molecule has 1 aromatic carbocycles. The first-order valence-corrected chi connectivity index (χ1v) is 7.19. The molecule has 6 heteroatoms. The van der Waals surface area contributed by atoms with Gasteiger partial charge in [0, 0.05) is 11.3 Å². The molecular weight excluding hydrogens is 274 g/mol. The lowest BCUT2D eigenvalue weighted by Gasteiger charge is -2.29. The largest absolute Gasteiger partial charge is 0.493 e. The molecule has 0 radical (unpaired) electrons. The zero-order valence-corrected chi connectivity index (χ0v) is 12.3. The second-order valence-corrected chi connectivity index (χ2v) is 5.27. The van der Waals surface area contributed by atoms with Crippen molar-refractivity contribution in [3.05, 3.63) is 33.9 Å². The Morgan fingerprint density at radius 1 is 1.38 bits per heavy atom. The van der Waals surface area contributed by atoms with E-state index in [4.69, 9.17) is 9.47 Å². The quantitative estimate of drug-likeness (QED) is 0.666. The molecule has 21 heavy (non-hydrogen) atoms. The average Bonchev–Trinajstić information content (AvgIpc) is 2.47. The Labute approximate surface area is 123 Å². The maximum Gasteiger partial charge on any atom is 0.220 e. The van der Waals surface area contributed by atoms with E-state index in [1.165, 1.54) is 0 Å². The van der Waals surface area contributed by atoms with Gasteiger partial charge in [0.05, 0.1) is 25.7 Å². The molecule has 1 aliphatic carbocycles. The van der Waals surface area contributed by atoms with Crippen molar-refractivity contribution in [3.63, 3.8) is 0 Å². The van der Waals surface area contributed by atoms with E-state index in [-0.39, 0.29) is 10.8 Å². The van der Waals surface area contributed by atoms with E-state index in [1.807, 2.05) is 13.0 Å². The minimum atomic E-state index is -0.656. The van der Waals surface area contributed by atoms with Crippen LogP contribution >= 0.6 is 0 Å². The summed E-state index contributed by atoms with van der Waals surface area (Å²) in [6.07, 6.45) is 0.804. The van der Waals surface area contributed by atoms with E-state index in [0.29, 0.717) is 37.4 Å². The predicted molar refractivity (Wildman–Crippen MR) is 77.5 cm³/mol. The standard InChI is InChI=1S/C15H21NO5/c1-3-21-15-8-10(4-7-14(15)20-2)12-9-11(17)5-6-13(12)16(18)19/h4,7-8,11-13,17H,3,5-6,9H2,1-2H3. The number of aliphatic hydroxyl groups is 1. The first-order chi connectivity index (χ1) is 10.1. The van der Waals surface area contributed by atoms with Gasteiger partial charge in [0.1, 0.15) is 0 Å². The first-order valence-electron chi connectivity index (χ1n) is 7.19. The van der Waals surface area contributed by atoms with Gasteiger partial charge in [-0.15, -0.1) is 0 Å². The van der Waals surface area contributed by atoms with Crippen molar-refractivity contribution in [2.45, 2.75) is 44.2 Å². The highest BCUT2D eigenvalue weighted by molar-refractivity contribution is 5.44. The van der Waals surface area contributed by atoms with Gasteiger partial charge in [-0.05, 0) is 37.5 Å². The Hall–Kier alpha value is -1.82. The fourth-order valence-electron chi connectivity index (χ4n) is 2.94. The number of aliphatic hydroxyl groups excluding tert-OH is 1. The molecule has 6 nitrogen and oxygen atoms in total. The monoisotopic (exact) mass is 295 g/mol. The van der Waals surface area contributed by atoms with Crippen molar-refractivity contribution in [1.29, 1.82) is 0 Å². The summed E-state index contributed by atoms with van der Waals surface area (Å²) in [5.41, 5.74) is 0.819. The molecule has 3 atom stereocenters. The van der Waals surface area contributed by atoms with Crippen molar-refractivity contribution in [2.75, 3.05) is 13.7 Å². The van der Waals surface area contributed by atoms with Gasteiger partial charge in [0.25, 0.3) is 0 Å². The molecule has 2 rings (SSSR count). The molecule has 0 aromatic heterocycles. The third-order valence-electron chi connectivity index (χ3n) is 3.97. The Kier molecular flexibility index (Phi) is 5.01. The molecule has 0 amide bonds. The van der Waals surface area contributed by atoms with Crippen LogP contribution in [0.25, 0.3) is 0 Å². The van der Waals surface area contributed by atoms with Crippen molar-refractivity contribution in [1.82, 2.24) is 0 Å². The number of nitrogens with zero attached hydrogens (tertiary/aromatic N) is 1. The molecule has 0 aliphatic heterocycles. The number of benzene rings is 1. The van der Waals surface area contributed by atoms with Gasteiger partial charge in [-0.1, -0.05) is 6.07 Å². The SMILES string of the molecule is CCOc1cc(C2CC(O)CCC2[N+](=O)[O-])ccc1OC. The van der Waals surface area contributed by atoms with Crippen LogP contribution in [-0.2, 0) is 0 Å². The Bertz CT molecular complexity index is 505. The van der Waals surface area contributed by atoms with Crippen LogP contribution in [0.2, 0.25) is 0 Å². The molecule has 0 bridgehead atoms. The van der Waals surface area contributed by atoms with Gasteiger partial charge in [-0.2, -0.15) is 0 Å². The maximum absolute atomic E-state index is 11.2. The van der Waals surface area contributed by atoms with Gasteiger partial charge >= 0.3 is 0 Å². The van der Waals surface area contributed by atoms with E-state index >= 15 is 0 Å². The zero-order chi connectivity index (χ0) is 15.4. The molecule has 1 fully saturated rings. The van der Waals surface area contributed by atoms with Crippen LogP contribution in [0.3, 0.4) is 0 Å². The second kappa shape index (κ2) is 6.76. The van der Waals surface area contributed by atoms with Crippen LogP contribution in [0, 0.1) is 10.1 Å². The van der Waals surface area contributed by atoms with Crippen LogP contribution in [-0.4, -0.2) is 35.9 Å². The zero-order valence-electron chi connectivity index (χ0n) is 12.3. The first kappa shape index (κ1) is 15.6. The summed E-state index contributed by atoms with van der Waals surface area (Å²) in [5.74, 6) is 0.892. The minimum absolute atomic E-state index is 0.235. The summed E-state index contributed by atoms with van der Waals surface area (Å²) in [6, 6.07) is 4.72. The molecule has 1 N–H and O–H groups in total. The van der Waals surface area contributed by atoms with Crippen molar-refractivity contribution in [3.8, 4) is 11.5 Å². The van der Waals surface area contributed by atoms with Crippen LogP contribution in [0.15, 0.2) is 18.2 Å². The van der Waals surface area contributed by atoms with E-state index in [1.54, 1.807) is 19.2 Å². The van der Waals surface area contributed by atoms with Crippen LogP contribution in [0.4, 0.5) is 0 Å². The summed E-state index contributed by atoms with van der Waals surface area (Å²) < 4.78 is 10.8. The molecule has 0 saturated heterocycles. The number of methoxy groups -OCH3 is 1. The molecule has 3 unspecified atom stereocenters. The molecule has 1 saturated carbocycles. The van der Waals surface area contributed by atoms with Crippen molar-refractivity contribution in [2.24, 2.45) is 0 Å². The number of hydrogen-bond acceptors (Lipinski definition) is 5. The van der Waals surface area contributed by atoms with Gasteiger partial charge < -0.3 is 14.6 Å². The van der Waals surface area contributed by atoms with Gasteiger partial charge in [-0.25, -0.2) is 0 Å². The Morgan fingerprint density at radius 3 is 2.76 bits per heavy atom. The lowest BCUT2D eigenvalue weighted by molar-refractivity contribution is -0.531. The summed E-state index contributed by atoms with van der Waals surface area (Å²) in [5, 5.41) is 21.1. The number of rotatable bonds is 5. The van der Waals surface area contributed by atoms with Gasteiger partial charge in [0.15, 0.2) is 11.5 Å². The minimum Gasteiger partial charge on any atom is -0.493 e. The van der Waals surface area contributed by atoms with E-state index in [0.717, 1.165) is 5.56 Å². The van der Waals surface area contributed by atoms with Gasteiger partial charge in [-0.3, -0.25) is 10.1 Å². The number of nitro groups is 1. The second-order valence-electron chi connectivity index (χ2n) is 5.27. The smallest absolute Gasteiger partial charge is 0.220 e. The molecule has 116 valence electrons. The maximum atomic E-state index is 11.2. The fraction of sp³-hybridized carbons (Fsp3) is 0.600. The van der Waals surface area contributed by atoms with E-state index in [2.05, 4.69) is 0 Å². The number of ether oxygens (including phenoxy) is 2. The van der Waals surface area contributed by atoms with E-state index in [9.17, 15) is 15.2 Å². The summed E-state index contributed by atoms with van der Waals surface area (Å²) in [7, 11) is 1.56. The fourth-order valence-corrected chi connectivity index (χ4v) is 2.94. The third kappa shape index (κ3) is 3.44. The summed E-state index contributed by atoms with van der Waals surface area (Å²) in [6.45, 7) is 2.36. The molecular formula is C15H21NO5. The van der Waals surface area contributed by atoms with Crippen LogP contribution in [0.1, 0.15) is 37.7 Å². The summed E-state index contributed by atoms with van der Waals surface area (Å²) in [4.78, 5) is 11.0. The van der Waals surface area contributed by atoms with Crippen molar-refractivity contribution < 1.29 is 19.5 Å². The Balaban J connectivity index is 2.33. The lowest BCUT2D eigenvalue weighted by atomic mass is 9.79. The molecule has 0 spiro atoms. The number of hydrogen-bond donors (Lipinski definition) is 1. The van der Waals surface area contributed by atoms with Crippen LogP contribution in [0.5, 0.6) is 11.5 Å². The topological polar surface area (TPSA) is 81.8 Å². The molecule has 1 aliphatic rings.